The Balaban J connectivity index is 1.96. The number of hydrogen-bond acceptors (Lipinski definition) is 4. The normalized spacial score (nSPS) is 27.6. The summed E-state index contributed by atoms with van der Waals surface area (Å²) >= 11 is 0. The van der Waals surface area contributed by atoms with Crippen molar-refractivity contribution in [3.63, 3.8) is 0 Å². The number of ether oxygens (including phenoxy) is 1. The van der Waals surface area contributed by atoms with Crippen LogP contribution in [0.25, 0.3) is 0 Å². The Morgan fingerprint density at radius 1 is 1.12 bits per heavy atom. The molecule has 2 aliphatic heterocycles. The van der Waals surface area contributed by atoms with Crippen molar-refractivity contribution in [3.8, 4) is 0 Å². The third kappa shape index (κ3) is 3.19. The van der Waals surface area contributed by atoms with Crippen LogP contribution in [0.3, 0.4) is 0 Å². The molecular weight excluding hydrogens is 216 g/mol. The quantitative estimate of drug-likeness (QED) is 0.689. The maximum absolute atomic E-state index is 12.1. The van der Waals surface area contributed by atoms with Crippen LogP contribution in [0.15, 0.2) is 0 Å². The molecule has 0 amide bonds. The summed E-state index contributed by atoms with van der Waals surface area (Å²) in [5.74, 6) is -0.0538. The maximum atomic E-state index is 12.1. The van der Waals surface area contributed by atoms with Gasteiger partial charge in [0.05, 0.1) is 0 Å². The highest BCUT2D eigenvalue weighted by Crippen LogP contribution is 2.25. The predicted octanol–water partition coefficient (Wildman–Crippen LogP) is 1.80. The molecule has 0 aromatic carbocycles. The molecule has 2 heterocycles. The van der Waals surface area contributed by atoms with Crippen LogP contribution in [-0.4, -0.2) is 47.3 Å². The van der Waals surface area contributed by atoms with E-state index in [9.17, 15) is 4.79 Å². The monoisotopic (exact) mass is 240 g/mol. The van der Waals surface area contributed by atoms with E-state index in [4.69, 9.17) is 4.74 Å². The highest BCUT2D eigenvalue weighted by molar-refractivity contribution is 5.76. The molecule has 1 unspecified atom stereocenters. The first kappa shape index (κ1) is 12.8. The van der Waals surface area contributed by atoms with Gasteiger partial charge in [-0.2, -0.15) is 0 Å². The van der Waals surface area contributed by atoms with E-state index in [2.05, 4.69) is 10.0 Å². The summed E-state index contributed by atoms with van der Waals surface area (Å²) in [6.45, 7) is 8.99. The van der Waals surface area contributed by atoms with Crippen molar-refractivity contribution in [2.45, 2.75) is 58.1 Å². The lowest BCUT2D eigenvalue weighted by molar-refractivity contribution is -0.166. The number of hydrazine groups is 1. The van der Waals surface area contributed by atoms with Crippen molar-refractivity contribution in [3.05, 3.63) is 0 Å². The molecule has 1 atom stereocenters. The van der Waals surface area contributed by atoms with Crippen LogP contribution in [0.1, 0.15) is 46.5 Å². The van der Waals surface area contributed by atoms with Crippen LogP contribution in [0.4, 0.5) is 0 Å². The van der Waals surface area contributed by atoms with Crippen molar-refractivity contribution >= 4 is 5.97 Å². The van der Waals surface area contributed by atoms with Gasteiger partial charge < -0.3 is 4.74 Å². The Bertz CT molecular complexity index is 280. The van der Waals surface area contributed by atoms with E-state index < -0.39 is 0 Å². The highest BCUT2D eigenvalue weighted by Gasteiger charge is 2.37. The highest BCUT2D eigenvalue weighted by atomic mass is 16.6. The maximum Gasteiger partial charge on any atom is 0.325 e. The van der Waals surface area contributed by atoms with E-state index in [-0.39, 0.29) is 17.6 Å². The van der Waals surface area contributed by atoms with Gasteiger partial charge in [-0.3, -0.25) is 4.79 Å². The fraction of sp³-hybridized carbons (Fsp3) is 0.923. The second kappa shape index (κ2) is 4.94. The third-order valence-corrected chi connectivity index (χ3v) is 3.35. The van der Waals surface area contributed by atoms with Crippen molar-refractivity contribution < 1.29 is 9.53 Å². The lowest BCUT2D eigenvalue weighted by atomic mass is 10.1. The summed E-state index contributed by atoms with van der Waals surface area (Å²) in [5.41, 5.74) is -0.379. The molecule has 0 radical (unpaired) electrons. The molecule has 4 heteroatoms. The van der Waals surface area contributed by atoms with Gasteiger partial charge in [0.25, 0.3) is 0 Å². The Morgan fingerprint density at radius 2 is 1.76 bits per heavy atom. The summed E-state index contributed by atoms with van der Waals surface area (Å²) in [4.78, 5) is 12.1. The van der Waals surface area contributed by atoms with Crippen molar-refractivity contribution in [1.82, 2.24) is 10.0 Å². The second-order valence-corrected chi connectivity index (χ2v) is 6.02. The van der Waals surface area contributed by atoms with E-state index in [1.165, 1.54) is 12.8 Å². The summed E-state index contributed by atoms with van der Waals surface area (Å²) in [6, 6.07) is -0.0488. The zero-order valence-electron chi connectivity index (χ0n) is 11.2. The van der Waals surface area contributed by atoms with Crippen LogP contribution < -0.4 is 0 Å². The molecule has 0 bridgehead atoms. The van der Waals surface area contributed by atoms with Crippen molar-refractivity contribution in [2.24, 2.45) is 0 Å². The zero-order chi connectivity index (χ0) is 12.5. The minimum Gasteiger partial charge on any atom is -0.459 e. The third-order valence-electron chi connectivity index (χ3n) is 3.35. The molecule has 2 aliphatic rings. The number of hydrogen-bond donors (Lipinski definition) is 0. The predicted molar refractivity (Wildman–Crippen MR) is 66.4 cm³/mol. The summed E-state index contributed by atoms with van der Waals surface area (Å²) in [5, 5.41) is 4.57. The SMILES string of the molecule is CC(C)(C)OC(=O)C1CCCN1N1CCCC1. The smallest absolute Gasteiger partial charge is 0.325 e. The van der Waals surface area contributed by atoms with Gasteiger partial charge in [-0.1, -0.05) is 0 Å². The molecule has 0 aromatic heterocycles. The van der Waals surface area contributed by atoms with E-state index in [1.807, 2.05) is 20.8 Å². The van der Waals surface area contributed by atoms with Gasteiger partial charge in [0.2, 0.25) is 0 Å². The summed E-state index contributed by atoms with van der Waals surface area (Å²) < 4.78 is 5.50. The Kier molecular flexibility index (Phi) is 3.73. The molecule has 0 aromatic rings. The Labute approximate surface area is 104 Å². The van der Waals surface area contributed by atoms with E-state index in [0.29, 0.717) is 0 Å². The molecule has 17 heavy (non-hydrogen) atoms. The minimum absolute atomic E-state index is 0.0488. The van der Waals surface area contributed by atoms with Gasteiger partial charge in [-0.25, -0.2) is 10.0 Å². The fourth-order valence-corrected chi connectivity index (χ4v) is 2.66. The molecule has 2 fully saturated rings. The molecule has 2 saturated heterocycles. The van der Waals surface area contributed by atoms with Crippen LogP contribution in [0.2, 0.25) is 0 Å². The number of carbonyl (C=O) groups excluding carboxylic acids is 1. The van der Waals surface area contributed by atoms with E-state index >= 15 is 0 Å². The van der Waals surface area contributed by atoms with Crippen molar-refractivity contribution in [1.29, 1.82) is 0 Å². The molecular formula is C13H24N2O2. The zero-order valence-corrected chi connectivity index (χ0v) is 11.2. The van der Waals surface area contributed by atoms with E-state index in [0.717, 1.165) is 32.5 Å². The number of esters is 1. The Morgan fingerprint density at radius 3 is 2.35 bits per heavy atom. The molecule has 0 aliphatic carbocycles. The molecule has 98 valence electrons. The number of nitrogens with zero attached hydrogens (tertiary/aromatic N) is 2. The topological polar surface area (TPSA) is 32.8 Å². The first-order valence-electron chi connectivity index (χ1n) is 6.72. The van der Waals surface area contributed by atoms with Gasteiger partial charge in [0, 0.05) is 19.6 Å². The van der Waals surface area contributed by atoms with E-state index in [1.54, 1.807) is 0 Å². The summed E-state index contributed by atoms with van der Waals surface area (Å²) in [7, 11) is 0. The van der Waals surface area contributed by atoms with Crippen LogP contribution >= 0.6 is 0 Å². The first-order valence-corrected chi connectivity index (χ1v) is 6.72. The van der Waals surface area contributed by atoms with Crippen LogP contribution in [-0.2, 0) is 9.53 Å². The minimum atomic E-state index is -0.379. The second-order valence-electron chi connectivity index (χ2n) is 6.02. The first-order chi connectivity index (χ1) is 7.97. The standard InChI is InChI=1S/C13H24N2O2/c1-13(2,3)17-12(16)11-7-6-10-15(11)14-8-4-5-9-14/h11H,4-10H2,1-3H3. The van der Waals surface area contributed by atoms with Gasteiger partial charge in [-0.15, -0.1) is 0 Å². The molecule has 2 rings (SSSR count). The summed E-state index contributed by atoms with van der Waals surface area (Å²) in [6.07, 6.45) is 4.53. The largest absolute Gasteiger partial charge is 0.459 e. The number of rotatable bonds is 2. The number of carbonyl (C=O) groups is 1. The molecule has 0 saturated carbocycles. The van der Waals surface area contributed by atoms with Crippen molar-refractivity contribution in [2.75, 3.05) is 19.6 Å². The fourth-order valence-electron chi connectivity index (χ4n) is 2.66. The van der Waals surface area contributed by atoms with Crippen LogP contribution in [0.5, 0.6) is 0 Å². The van der Waals surface area contributed by atoms with Crippen LogP contribution in [0, 0.1) is 0 Å². The van der Waals surface area contributed by atoms with Gasteiger partial charge in [-0.05, 0) is 46.5 Å². The Hall–Kier alpha value is -0.610. The lowest BCUT2D eigenvalue weighted by Gasteiger charge is -2.33. The lowest BCUT2D eigenvalue weighted by Crippen LogP contribution is -2.48. The van der Waals surface area contributed by atoms with Gasteiger partial charge in [0.1, 0.15) is 11.6 Å². The average Bonchev–Trinajstić information content (AvgIpc) is 2.85. The van der Waals surface area contributed by atoms with Gasteiger partial charge in [0.15, 0.2) is 0 Å². The van der Waals surface area contributed by atoms with Gasteiger partial charge >= 0.3 is 5.97 Å². The average molecular weight is 240 g/mol. The molecule has 4 nitrogen and oxygen atoms in total. The molecule has 0 spiro atoms. The molecule has 0 N–H and O–H groups in total.